The number of rotatable bonds is 1. The number of phenolic OH excluding ortho intramolecular Hbond substituents is 1. The molecule has 0 saturated carbocycles. The molecule has 1 aliphatic heterocycles. The van der Waals surface area contributed by atoms with Crippen LogP contribution in [0.5, 0.6) is 11.5 Å². The predicted molar refractivity (Wildman–Crippen MR) is 56.5 cm³/mol. The highest BCUT2D eigenvalue weighted by atomic mass is 16.5. The number of ether oxygens (including phenoxy) is 1. The summed E-state index contributed by atoms with van der Waals surface area (Å²) in [6.45, 7) is 3.45. The average Bonchev–Trinajstić information content (AvgIpc) is 2.17. The molecule has 1 N–H and O–H groups in total. The minimum absolute atomic E-state index is 0.0897. The van der Waals surface area contributed by atoms with Crippen LogP contribution < -0.4 is 4.74 Å². The Labute approximate surface area is 88.7 Å². The average molecular weight is 206 g/mol. The Morgan fingerprint density at radius 2 is 2.27 bits per heavy atom. The van der Waals surface area contributed by atoms with Crippen molar-refractivity contribution in [3.63, 3.8) is 0 Å². The van der Waals surface area contributed by atoms with Gasteiger partial charge in [-0.25, -0.2) is 0 Å². The Morgan fingerprint density at radius 1 is 1.53 bits per heavy atom. The van der Waals surface area contributed by atoms with Crippen molar-refractivity contribution >= 4 is 5.78 Å². The summed E-state index contributed by atoms with van der Waals surface area (Å²) in [5.41, 5.74) is 1.15. The van der Waals surface area contributed by atoms with Gasteiger partial charge in [0.25, 0.3) is 0 Å². The van der Waals surface area contributed by atoms with Crippen LogP contribution in [-0.4, -0.2) is 17.0 Å². The molecule has 1 heterocycles. The maximum absolute atomic E-state index is 11.2. The largest absolute Gasteiger partial charge is 0.507 e. The summed E-state index contributed by atoms with van der Waals surface area (Å²) in [5.74, 6) is 0.678. The number of ketones is 1. The predicted octanol–water partition coefficient (Wildman–Crippen LogP) is 2.31. The Kier molecular flexibility index (Phi) is 2.39. The van der Waals surface area contributed by atoms with E-state index < -0.39 is 0 Å². The minimum Gasteiger partial charge on any atom is -0.507 e. The standard InChI is InChI=1S/C12H14O3/c1-7-3-4-10-11(15-7)6-5-9(8(2)13)12(10)14/h5-7,14H,3-4H2,1-2H3. The highest BCUT2D eigenvalue weighted by Gasteiger charge is 2.21. The molecule has 0 saturated heterocycles. The second-order valence-electron chi connectivity index (χ2n) is 3.96. The normalized spacial score (nSPS) is 19.2. The van der Waals surface area contributed by atoms with Crippen molar-refractivity contribution in [2.24, 2.45) is 0 Å². The van der Waals surface area contributed by atoms with Crippen LogP contribution in [0.3, 0.4) is 0 Å². The van der Waals surface area contributed by atoms with Crippen LogP contribution in [0.25, 0.3) is 0 Å². The van der Waals surface area contributed by atoms with E-state index in [0.29, 0.717) is 11.3 Å². The summed E-state index contributed by atoms with van der Waals surface area (Å²) in [4.78, 5) is 11.2. The molecule has 1 aliphatic rings. The molecule has 1 unspecified atom stereocenters. The quantitative estimate of drug-likeness (QED) is 0.717. The van der Waals surface area contributed by atoms with Crippen LogP contribution in [0.1, 0.15) is 36.2 Å². The van der Waals surface area contributed by atoms with Gasteiger partial charge in [0.05, 0.1) is 11.7 Å². The third-order valence-electron chi connectivity index (χ3n) is 2.75. The smallest absolute Gasteiger partial charge is 0.163 e. The first-order valence-corrected chi connectivity index (χ1v) is 5.12. The fraction of sp³-hybridized carbons (Fsp3) is 0.417. The van der Waals surface area contributed by atoms with E-state index in [1.165, 1.54) is 6.92 Å². The van der Waals surface area contributed by atoms with E-state index in [2.05, 4.69) is 0 Å². The number of fused-ring (bicyclic) bond motifs is 1. The van der Waals surface area contributed by atoms with E-state index >= 15 is 0 Å². The van der Waals surface area contributed by atoms with E-state index in [1.807, 2.05) is 6.92 Å². The number of hydrogen-bond donors (Lipinski definition) is 1. The number of benzene rings is 1. The van der Waals surface area contributed by atoms with Crippen molar-refractivity contribution in [3.05, 3.63) is 23.3 Å². The summed E-state index contributed by atoms with van der Waals surface area (Å²) in [6, 6.07) is 3.38. The molecule has 1 aromatic carbocycles. The van der Waals surface area contributed by atoms with Gasteiger partial charge in [-0.1, -0.05) is 0 Å². The van der Waals surface area contributed by atoms with E-state index in [-0.39, 0.29) is 17.6 Å². The molecule has 0 bridgehead atoms. The number of carbonyl (C=O) groups is 1. The first-order valence-electron chi connectivity index (χ1n) is 5.12. The zero-order valence-corrected chi connectivity index (χ0v) is 8.91. The lowest BCUT2D eigenvalue weighted by Crippen LogP contribution is -2.19. The Bertz CT molecular complexity index is 410. The van der Waals surface area contributed by atoms with Crippen LogP contribution in [0.15, 0.2) is 12.1 Å². The molecule has 0 aliphatic carbocycles. The van der Waals surface area contributed by atoms with Gasteiger partial charge in [0.1, 0.15) is 11.5 Å². The molecule has 15 heavy (non-hydrogen) atoms. The highest BCUT2D eigenvalue weighted by Crippen LogP contribution is 2.36. The molecule has 0 fully saturated rings. The molecule has 80 valence electrons. The monoisotopic (exact) mass is 206 g/mol. The topological polar surface area (TPSA) is 46.5 Å². The van der Waals surface area contributed by atoms with Crippen molar-refractivity contribution in [1.82, 2.24) is 0 Å². The van der Waals surface area contributed by atoms with Gasteiger partial charge in [-0.05, 0) is 38.8 Å². The fourth-order valence-corrected chi connectivity index (χ4v) is 1.88. The first kappa shape index (κ1) is 10.0. The molecular formula is C12H14O3. The second-order valence-corrected chi connectivity index (χ2v) is 3.96. The van der Waals surface area contributed by atoms with Crippen LogP contribution in [0, 0.1) is 0 Å². The Morgan fingerprint density at radius 3 is 2.93 bits per heavy atom. The van der Waals surface area contributed by atoms with Crippen LogP contribution in [0.2, 0.25) is 0 Å². The SMILES string of the molecule is CC(=O)c1ccc2c(c1O)CCC(C)O2. The van der Waals surface area contributed by atoms with Gasteiger partial charge < -0.3 is 9.84 Å². The lowest BCUT2D eigenvalue weighted by Gasteiger charge is -2.24. The maximum atomic E-state index is 11.2. The highest BCUT2D eigenvalue weighted by molar-refractivity contribution is 5.97. The Hall–Kier alpha value is -1.51. The van der Waals surface area contributed by atoms with Gasteiger partial charge >= 0.3 is 0 Å². The van der Waals surface area contributed by atoms with Gasteiger partial charge in [-0.3, -0.25) is 4.79 Å². The second kappa shape index (κ2) is 3.57. The number of phenols is 1. The van der Waals surface area contributed by atoms with E-state index in [9.17, 15) is 9.90 Å². The number of aromatic hydroxyl groups is 1. The van der Waals surface area contributed by atoms with Gasteiger partial charge in [-0.2, -0.15) is 0 Å². The van der Waals surface area contributed by atoms with Crippen molar-refractivity contribution in [1.29, 1.82) is 0 Å². The summed E-state index contributed by atoms with van der Waals surface area (Å²) >= 11 is 0. The van der Waals surface area contributed by atoms with Crippen LogP contribution in [0.4, 0.5) is 0 Å². The lowest BCUT2D eigenvalue weighted by atomic mass is 9.98. The Balaban J connectivity index is 2.49. The van der Waals surface area contributed by atoms with E-state index in [4.69, 9.17) is 4.74 Å². The van der Waals surface area contributed by atoms with Crippen molar-refractivity contribution in [3.8, 4) is 11.5 Å². The molecule has 2 rings (SSSR count). The van der Waals surface area contributed by atoms with Crippen LogP contribution in [-0.2, 0) is 6.42 Å². The van der Waals surface area contributed by atoms with Crippen molar-refractivity contribution < 1.29 is 14.6 Å². The van der Waals surface area contributed by atoms with Crippen LogP contribution >= 0.6 is 0 Å². The van der Waals surface area contributed by atoms with Crippen molar-refractivity contribution in [2.75, 3.05) is 0 Å². The third kappa shape index (κ3) is 1.69. The zero-order chi connectivity index (χ0) is 11.0. The van der Waals surface area contributed by atoms with Gasteiger partial charge in [-0.15, -0.1) is 0 Å². The molecule has 0 radical (unpaired) electrons. The number of Topliss-reactive ketones (excluding diaryl/α,β-unsaturated/α-hetero) is 1. The van der Waals surface area contributed by atoms with Gasteiger partial charge in [0.2, 0.25) is 0 Å². The summed E-state index contributed by atoms with van der Waals surface area (Å²) in [7, 11) is 0. The fourth-order valence-electron chi connectivity index (χ4n) is 1.88. The van der Waals surface area contributed by atoms with E-state index in [0.717, 1.165) is 18.4 Å². The van der Waals surface area contributed by atoms with E-state index in [1.54, 1.807) is 12.1 Å². The molecule has 3 heteroatoms. The van der Waals surface area contributed by atoms with Gasteiger partial charge in [0, 0.05) is 5.56 Å². The summed E-state index contributed by atoms with van der Waals surface area (Å²) < 4.78 is 5.58. The molecule has 0 amide bonds. The summed E-state index contributed by atoms with van der Waals surface area (Å²) in [5, 5.41) is 9.89. The van der Waals surface area contributed by atoms with Crippen molar-refractivity contribution in [2.45, 2.75) is 32.8 Å². The number of carbonyl (C=O) groups excluding carboxylic acids is 1. The molecular weight excluding hydrogens is 192 g/mol. The number of hydrogen-bond acceptors (Lipinski definition) is 3. The zero-order valence-electron chi connectivity index (χ0n) is 8.91. The first-order chi connectivity index (χ1) is 7.09. The van der Waals surface area contributed by atoms with Gasteiger partial charge in [0.15, 0.2) is 5.78 Å². The maximum Gasteiger partial charge on any atom is 0.163 e. The third-order valence-corrected chi connectivity index (χ3v) is 2.75. The molecule has 1 atom stereocenters. The molecule has 0 spiro atoms. The molecule has 1 aromatic rings. The molecule has 3 nitrogen and oxygen atoms in total. The molecule has 0 aromatic heterocycles. The summed E-state index contributed by atoms with van der Waals surface area (Å²) in [6.07, 6.45) is 1.82. The lowest BCUT2D eigenvalue weighted by molar-refractivity contribution is 0.101. The minimum atomic E-state index is -0.117.